The van der Waals surface area contributed by atoms with Crippen molar-refractivity contribution in [2.75, 3.05) is 44.7 Å². The minimum absolute atomic E-state index is 0.0297. The van der Waals surface area contributed by atoms with Gasteiger partial charge in [0.2, 0.25) is 5.91 Å². The SMILES string of the molecule is CCN(C)CCNC(=O)C1(c2ccc(-c3cccn3C)nc2)CCN(c2ccc(C(F)(F)F)cc2C#N)CC1. The smallest absolute Gasteiger partial charge is 0.370 e. The van der Waals surface area contributed by atoms with Crippen LogP contribution >= 0.6 is 0 Å². The zero-order chi connectivity index (χ0) is 28.2. The molecular weight excluding hydrogens is 505 g/mol. The molecule has 0 unspecified atom stereocenters. The van der Waals surface area contributed by atoms with Crippen LogP contribution in [-0.2, 0) is 23.4 Å². The van der Waals surface area contributed by atoms with Gasteiger partial charge in [0, 0.05) is 45.6 Å². The molecule has 3 aromatic rings. The number of nitriles is 1. The molecule has 1 aliphatic rings. The number of benzene rings is 1. The number of alkyl halides is 3. The molecule has 1 aromatic carbocycles. The second-order valence-corrected chi connectivity index (χ2v) is 10.00. The first-order valence-electron chi connectivity index (χ1n) is 13.0. The number of rotatable bonds is 8. The first kappa shape index (κ1) is 28.2. The highest BCUT2D eigenvalue weighted by Crippen LogP contribution is 2.39. The van der Waals surface area contributed by atoms with Crippen molar-refractivity contribution in [3.05, 3.63) is 71.5 Å². The number of halogens is 3. The molecule has 1 N–H and O–H groups in total. The number of piperidine rings is 1. The summed E-state index contributed by atoms with van der Waals surface area (Å²) in [5.74, 6) is -0.0898. The topological polar surface area (TPSA) is 77.2 Å². The predicted molar refractivity (Wildman–Crippen MR) is 144 cm³/mol. The van der Waals surface area contributed by atoms with E-state index in [2.05, 4.69) is 22.1 Å². The van der Waals surface area contributed by atoms with Crippen molar-refractivity contribution >= 4 is 11.6 Å². The van der Waals surface area contributed by atoms with Crippen LogP contribution in [0.3, 0.4) is 0 Å². The third-order valence-electron chi connectivity index (χ3n) is 7.68. The summed E-state index contributed by atoms with van der Waals surface area (Å²) in [5, 5.41) is 12.7. The fourth-order valence-corrected chi connectivity index (χ4v) is 5.10. The fourth-order valence-electron chi connectivity index (χ4n) is 5.10. The maximum absolute atomic E-state index is 13.7. The van der Waals surface area contributed by atoms with Gasteiger partial charge >= 0.3 is 6.18 Å². The molecule has 2 aromatic heterocycles. The van der Waals surface area contributed by atoms with Crippen LogP contribution in [0.2, 0.25) is 0 Å². The van der Waals surface area contributed by atoms with E-state index >= 15 is 0 Å². The average Bonchev–Trinajstić information content (AvgIpc) is 3.37. The maximum Gasteiger partial charge on any atom is 0.416 e. The molecule has 1 aliphatic heterocycles. The number of likely N-dealkylation sites (N-methyl/N-ethyl adjacent to an activating group) is 1. The van der Waals surface area contributed by atoms with Crippen LogP contribution in [0.15, 0.2) is 54.9 Å². The lowest BCUT2D eigenvalue weighted by Crippen LogP contribution is -2.52. The molecule has 0 atom stereocenters. The number of aryl methyl sites for hydroxylation is 1. The molecule has 0 bridgehead atoms. The largest absolute Gasteiger partial charge is 0.416 e. The second-order valence-electron chi connectivity index (χ2n) is 10.00. The Balaban J connectivity index is 1.60. The van der Waals surface area contributed by atoms with Crippen molar-refractivity contribution in [2.24, 2.45) is 7.05 Å². The Kier molecular flexibility index (Phi) is 8.31. The van der Waals surface area contributed by atoms with Crippen molar-refractivity contribution in [3.63, 3.8) is 0 Å². The number of carbonyl (C=O) groups excluding carboxylic acids is 1. The first-order valence-corrected chi connectivity index (χ1v) is 13.0. The lowest BCUT2D eigenvalue weighted by molar-refractivity contribution is -0.137. The van der Waals surface area contributed by atoms with E-state index in [0.29, 0.717) is 44.7 Å². The molecule has 1 saturated heterocycles. The van der Waals surface area contributed by atoms with Crippen molar-refractivity contribution in [2.45, 2.75) is 31.4 Å². The molecule has 3 heterocycles. The van der Waals surface area contributed by atoms with Crippen LogP contribution in [0, 0.1) is 11.3 Å². The van der Waals surface area contributed by atoms with Gasteiger partial charge in [0.25, 0.3) is 0 Å². The van der Waals surface area contributed by atoms with Crippen molar-refractivity contribution < 1.29 is 18.0 Å². The van der Waals surface area contributed by atoms with Gasteiger partial charge < -0.3 is 19.7 Å². The highest BCUT2D eigenvalue weighted by molar-refractivity contribution is 5.88. The number of hydrogen-bond acceptors (Lipinski definition) is 5. The Hall–Kier alpha value is -3.84. The number of amides is 1. The maximum atomic E-state index is 13.7. The van der Waals surface area contributed by atoms with Gasteiger partial charge in [-0.1, -0.05) is 13.0 Å². The Morgan fingerprint density at radius 2 is 1.95 bits per heavy atom. The summed E-state index contributed by atoms with van der Waals surface area (Å²) in [6.45, 7) is 4.95. The van der Waals surface area contributed by atoms with Crippen LogP contribution in [0.5, 0.6) is 0 Å². The number of hydrogen-bond donors (Lipinski definition) is 1. The molecule has 10 heteroatoms. The van der Waals surface area contributed by atoms with E-state index in [0.717, 1.165) is 35.6 Å². The molecule has 0 radical (unpaired) electrons. The van der Waals surface area contributed by atoms with Crippen molar-refractivity contribution in [3.8, 4) is 17.5 Å². The number of aromatic nitrogens is 2. The van der Waals surface area contributed by atoms with Crippen LogP contribution in [-0.4, -0.2) is 60.1 Å². The zero-order valence-electron chi connectivity index (χ0n) is 22.4. The number of nitrogens with zero attached hydrogens (tertiary/aromatic N) is 5. The standard InChI is InChI=1S/C29H33F3N6O/c1-4-36(2)17-13-34-27(39)28(23-7-9-24(35-20-23)26-6-5-14-37(26)3)11-15-38(16-12-28)25-10-8-22(29(30,31)32)18-21(25)19-33/h5-10,14,18,20H,4,11-13,15-17H2,1-3H3,(H,34,39). The third-order valence-corrected chi connectivity index (χ3v) is 7.68. The quantitative estimate of drug-likeness (QED) is 0.454. The Morgan fingerprint density at radius 3 is 2.51 bits per heavy atom. The Labute approximate surface area is 226 Å². The van der Waals surface area contributed by atoms with Crippen LogP contribution < -0.4 is 10.2 Å². The molecule has 7 nitrogen and oxygen atoms in total. The summed E-state index contributed by atoms with van der Waals surface area (Å²) in [5.41, 5.74) is 1.28. The summed E-state index contributed by atoms with van der Waals surface area (Å²) in [6.07, 6.45) is 0.0386. The number of pyridine rings is 1. The number of anilines is 1. The lowest BCUT2D eigenvalue weighted by Gasteiger charge is -2.42. The zero-order valence-corrected chi connectivity index (χ0v) is 22.4. The van der Waals surface area contributed by atoms with Gasteiger partial charge in [-0.25, -0.2) is 0 Å². The molecule has 39 heavy (non-hydrogen) atoms. The Bertz CT molecular complexity index is 1330. The van der Waals surface area contributed by atoms with E-state index in [4.69, 9.17) is 0 Å². The molecule has 0 saturated carbocycles. The molecule has 4 rings (SSSR count). The molecule has 0 aliphatic carbocycles. The average molecular weight is 539 g/mol. The van der Waals surface area contributed by atoms with Gasteiger partial charge in [-0.05, 0) is 68.4 Å². The van der Waals surface area contributed by atoms with E-state index in [1.807, 2.05) is 60.1 Å². The van der Waals surface area contributed by atoms with Gasteiger partial charge in [-0.15, -0.1) is 0 Å². The van der Waals surface area contributed by atoms with Gasteiger partial charge in [0.15, 0.2) is 0 Å². The van der Waals surface area contributed by atoms with E-state index in [9.17, 15) is 23.2 Å². The van der Waals surface area contributed by atoms with Gasteiger partial charge in [0.05, 0.1) is 33.6 Å². The van der Waals surface area contributed by atoms with Crippen LogP contribution in [0.25, 0.3) is 11.4 Å². The van der Waals surface area contributed by atoms with Crippen molar-refractivity contribution in [1.82, 2.24) is 19.8 Å². The highest BCUT2D eigenvalue weighted by atomic mass is 19.4. The summed E-state index contributed by atoms with van der Waals surface area (Å²) in [4.78, 5) is 22.4. The summed E-state index contributed by atoms with van der Waals surface area (Å²) >= 11 is 0. The number of nitrogens with one attached hydrogen (secondary N) is 1. The molecular formula is C29H33F3N6O. The fraction of sp³-hybridized carbons (Fsp3) is 0.414. The Morgan fingerprint density at radius 1 is 1.21 bits per heavy atom. The minimum Gasteiger partial charge on any atom is -0.370 e. The minimum atomic E-state index is -4.52. The summed E-state index contributed by atoms with van der Waals surface area (Å²) in [6, 6.07) is 12.9. The summed E-state index contributed by atoms with van der Waals surface area (Å²) in [7, 11) is 3.93. The van der Waals surface area contributed by atoms with Crippen LogP contribution in [0.1, 0.15) is 36.5 Å². The van der Waals surface area contributed by atoms with Crippen molar-refractivity contribution in [1.29, 1.82) is 5.26 Å². The molecule has 1 fully saturated rings. The monoisotopic (exact) mass is 538 g/mol. The molecule has 1 amide bonds. The molecule has 0 spiro atoms. The highest BCUT2D eigenvalue weighted by Gasteiger charge is 2.43. The van der Waals surface area contributed by atoms with Gasteiger partial charge in [-0.3, -0.25) is 9.78 Å². The van der Waals surface area contributed by atoms with E-state index in [1.165, 1.54) is 6.07 Å². The first-order chi connectivity index (χ1) is 18.6. The predicted octanol–water partition coefficient (Wildman–Crippen LogP) is 4.58. The van der Waals surface area contributed by atoms with E-state index in [-0.39, 0.29) is 11.5 Å². The van der Waals surface area contributed by atoms with E-state index < -0.39 is 17.2 Å². The van der Waals surface area contributed by atoms with E-state index in [1.54, 1.807) is 6.20 Å². The lowest BCUT2D eigenvalue weighted by atomic mass is 9.72. The van der Waals surface area contributed by atoms with Gasteiger partial charge in [0.1, 0.15) is 6.07 Å². The van der Waals surface area contributed by atoms with Gasteiger partial charge in [-0.2, -0.15) is 18.4 Å². The number of carbonyl (C=O) groups is 1. The van der Waals surface area contributed by atoms with Crippen LogP contribution in [0.4, 0.5) is 18.9 Å². The third kappa shape index (κ3) is 5.93. The second kappa shape index (κ2) is 11.5. The summed E-state index contributed by atoms with van der Waals surface area (Å²) < 4.78 is 41.6. The normalized spacial score (nSPS) is 15.3. The molecule has 206 valence electrons.